The average molecular weight is 390 g/mol. The highest BCUT2D eigenvalue weighted by Crippen LogP contribution is 2.32. The summed E-state index contributed by atoms with van der Waals surface area (Å²) in [6.45, 7) is 0. The fraction of sp³-hybridized carbons (Fsp3) is 0.0952. The monoisotopic (exact) mass is 389 g/mol. The van der Waals surface area contributed by atoms with Crippen molar-refractivity contribution in [3.8, 4) is 0 Å². The van der Waals surface area contributed by atoms with Gasteiger partial charge in [0.15, 0.2) is 0 Å². The lowest BCUT2D eigenvalue weighted by atomic mass is 10.1. The summed E-state index contributed by atoms with van der Waals surface area (Å²) in [4.78, 5) is 14.0. The van der Waals surface area contributed by atoms with Gasteiger partial charge in [-0.25, -0.2) is 0 Å². The molecule has 2 nitrogen and oxygen atoms in total. The Morgan fingerprint density at radius 1 is 1.04 bits per heavy atom. The standard InChI is InChI=1S/C21H15ClF3NO/c1-26(19-8-4-6-14-5-2-3-7-17(14)19)20(27)12-9-15-13-16(21(23,24)25)10-11-18(15)22/h2-13H,1H3/b12-9+. The Morgan fingerprint density at radius 2 is 1.74 bits per heavy atom. The van der Waals surface area contributed by atoms with Gasteiger partial charge in [-0.2, -0.15) is 13.2 Å². The molecule has 0 bridgehead atoms. The topological polar surface area (TPSA) is 20.3 Å². The minimum absolute atomic E-state index is 0.131. The highest BCUT2D eigenvalue weighted by Gasteiger charge is 2.30. The number of hydrogen-bond donors (Lipinski definition) is 0. The van der Waals surface area contributed by atoms with E-state index in [9.17, 15) is 18.0 Å². The zero-order valence-corrected chi connectivity index (χ0v) is 15.1. The second kappa shape index (κ2) is 7.45. The molecule has 0 radical (unpaired) electrons. The first kappa shape index (κ1) is 19.0. The maximum Gasteiger partial charge on any atom is 0.416 e. The van der Waals surface area contributed by atoms with Crippen LogP contribution in [0.25, 0.3) is 16.8 Å². The van der Waals surface area contributed by atoms with Crippen molar-refractivity contribution < 1.29 is 18.0 Å². The van der Waals surface area contributed by atoms with Gasteiger partial charge in [0.25, 0.3) is 5.91 Å². The van der Waals surface area contributed by atoms with Gasteiger partial charge in [-0.15, -0.1) is 0 Å². The van der Waals surface area contributed by atoms with Crippen molar-refractivity contribution in [1.82, 2.24) is 0 Å². The van der Waals surface area contributed by atoms with Gasteiger partial charge in [0, 0.05) is 23.5 Å². The van der Waals surface area contributed by atoms with Crippen molar-refractivity contribution in [2.24, 2.45) is 0 Å². The van der Waals surface area contributed by atoms with Crippen molar-refractivity contribution >= 4 is 40.0 Å². The van der Waals surface area contributed by atoms with Gasteiger partial charge >= 0.3 is 6.18 Å². The molecule has 3 rings (SSSR count). The summed E-state index contributed by atoms with van der Waals surface area (Å²) in [6.07, 6.45) is -1.97. The lowest BCUT2D eigenvalue weighted by Crippen LogP contribution is -2.24. The molecule has 3 aromatic rings. The van der Waals surface area contributed by atoms with Gasteiger partial charge in [-0.1, -0.05) is 48.0 Å². The van der Waals surface area contributed by atoms with Crippen molar-refractivity contribution in [1.29, 1.82) is 0 Å². The fourth-order valence-corrected chi connectivity index (χ4v) is 2.92. The van der Waals surface area contributed by atoms with E-state index in [0.717, 1.165) is 22.9 Å². The van der Waals surface area contributed by atoms with Crippen LogP contribution in [0.1, 0.15) is 11.1 Å². The molecule has 0 unspecified atom stereocenters. The van der Waals surface area contributed by atoms with E-state index in [1.54, 1.807) is 7.05 Å². The molecule has 0 saturated heterocycles. The first-order valence-corrected chi connectivity index (χ1v) is 8.45. The van der Waals surface area contributed by atoms with Crippen LogP contribution in [0.4, 0.5) is 18.9 Å². The summed E-state index contributed by atoms with van der Waals surface area (Å²) in [5, 5.41) is 2.03. The number of likely N-dealkylation sites (N-methyl/N-ethyl adjacent to an activating group) is 1. The molecule has 3 aromatic carbocycles. The molecule has 0 aliphatic heterocycles. The van der Waals surface area contributed by atoms with Crippen molar-refractivity contribution in [2.45, 2.75) is 6.18 Å². The number of nitrogens with zero attached hydrogens (tertiary/aromatic N) is 1. The van der Waals surface area contributed by atoms with E-state index in [-0.39, 0.29) is 16.5 Å². The van der Waals surface area contributed by atoms with Gasteiger partial charge in [-0.3, -0.25) is 4.79 Å². The van der Waals surface area contributed by atoms with E-state index < -0.39 is 11.7 Å². The number of benzene rings is 3. The van der Waals surface area contributed by atoms with Crippen LogP contribution in [0, 0.1) is 0 Å². The third-order valence-electron chi connectivity index (χ3n) is 4.19. The number of hydrogen-bond acceptors (Lipinski definition) is 1. The van der Waals surface area contributed by atoms with Crippen LogP contribution in [-0.2, 0) is 11.0 Å². The first-order chi connectivity index (χ1) is 12.8. The van der Waals surface area contributed by atoms with Crippen molar-refractivity contribution in [3.63, 3.8) is 0 Å². The van der Waals surface area contributed by atoms with E-state index in [4.69, 9.17) is 11.6 Å². The van der Waals surface area contributed by atoms with Crippen LogP contribution in [0.5, 0.6) is 0 Å². The van der Waals surface area contributed by atoms with E-state index in [1.807, 2.05) is 42.5 Å². The molecule has 138 valence electrons. The molecule has 0 aromatic heterocycles. The largest absolute Gasteiger partial charge is 0.416 e. The Morgan fingerprint density at radius 3 is 2.48 bits per heavy atom. The molecule has 0 saturated carbocycles. The first-order valence-electron chi connectivity index (χ1n) is 8.07. The van der Waals surface area contributed by atoms with Crippen molar-refractivity contribution in [2.75, 3.05) is 11.9 Å². The highest BCUT2D eigenvalue weighted by molar-refractivity contribution is 6.32. The lowest BCUT2D eigenvalue weighted by molar-refractivity contribution is -0.137. The molecule has 0 N–H and O–H groups in total. The Hall–Kier alpha value is -2.79. The Balaban J connectivity index is 1.89. The summed E-state index contributed by atoms with van der Waals surface area (Å²) in [5.74, 6) is -0.375. The van der Waals surface area contributed by atoms with E-state index in [0.29, 0.717) is 5.69 Å². The smallest absolute Gasteiger partial charge is 0.311 e. The van der Waals surface area contributed by atoms with E-state index in [2.05, 4.69) is 0 Å². The number of rotatable bonds is 3. The molecule has 0 atom stereocenters. The maximum absolute atomic E-state index is 12.9. The SMILES string of the molecule is CN(C(=O)/C=C/c1cc(C(F)(F)F)ccc1Cl)c1cccc2ccccc12. The van der Waals surface area contributed by atoms with Gasteiger partial charge in [0.05, 0.1) is 11.3 Å². The summed E-state index contributed by atoms with van der Waals surface area (Å²) < 4.78 is 38.6. The van der Waals surface area contributed by atoms with Crippen LogP contribution in [0.3, 0.4) is 0 Å². The molecular weight excluding hydrogens is 375 g/mol. The average Bonchev–Trinajstić information content (AvgIpc) is 2.65. The third kappa shape index (κ3) is 4.14. The number of halogens is 4. The second-order valence-corrected chi connectivity index (χ2v) is 6.37. The van der Waals surface area contributed by atoms with E-state index >= 15 is 0 Å². The Labute approximate surface area is 159 Å². The van der Waals surface area contributed by atoms with Crippen LogP contribution < -0.4 is 4.90 Å². The third-order valence-corrected chi connectivity index (χ3v) is 4.53. The molecule has 0 fully saturated rings. The normalized spacial score (nSPS) is 11.9. The van der Waals surface area contributed by atoms with Gasteiger partial charge in [-0.05, 0) is 41.3 Å². The summed E-state index contributed by atoms with van der Waals surface area (Å²) in [6, 6.07) is 16.2. The molecule has 0 aliphatic rings. The minimum Gasteiger partial charge on any atom is -0.311 e. The van der Waals surface area contributed by atoms with Gasteiger partial charge in [0.2, 0.25) is 0 Å². The van der Waals surface area contributed by atoms with Crippen LogP contribution >= 0.6 is 11.6 Å². The maximum atomic E-state index is 12.9. The molecule has 0 heterocycles. The molecule has 0 aliphatic carbocycles. The lowest BCUT2D eigenvalue weighted by Gasteiger charge is -2.17. The predicted octanol–water partition coefficient (Wildman–Crippen LogP) is 6.19. The highest BCUT2D eigenvalue weighted by atomic mass is 35.5. The number of carbonyl (C=O) groups is 1. The zero-order valence-electron chi connectivity index (χ0n) is 14.3. The quantitative estimate of drug-likeness (QED) is 0.489. The summed E-state index contributed by atoms with van der Waals surface area (Å²) >= 11 is 5.96. The predicted molar refractivity (Wildman–Crippen MR) is 103 cm³/mol. The minimum atomic E-state index is -4.48. The van der Waals surface area contributed by atoms with Gasteiger partial charge in [0.1, 0.15) is 0 Å². The van der Waals surface area contributed by atoms with Crippen molar-refractivity contribution in [3.05, 3.63) is 82.9 Å². The Bertz CT molecular complexity index is 1020. The number of anilines is 1. The number of fused-ring (bicyclic) bond motifs is 1. The Kier molecular flexibility index (Phi) is 5.24. The summed E-state index contributed by atoms with van der Waals surface area (Å²) in [5.41, 5.74) is 0.0189. The molecule has 0 spiro atoms. The summed E-state index contributed by atoms with van der Waals surface area (Å²) in [7, 11) is 1.61. The number of alkyl halides is 3. The molecular formula is C21H15ClF3NO. The van der Waals surface area contributed by atoms with Crippen LogP contribution in [-0.4, -0.2) is 13.0 Å². The van der Waals surface area contributed by atoms with E-state index in [1.165, 1.54) is 23.1 Å². The molecule has 27 heavy (non-hydrogen) atoms. The van der Waals surface area contributed by atoms with Crippen LogP contribution in [0.15, 0.2) is 66.7 Å². The zero-order chi connectivity index (χ0) is 19.6. The molecule has 6 heteroatoms. The fourth-order valence-electron chi connectivity index (χ4n) is 2.74. The number of amides is 1. The second-order valence-electron chi connectivity index (χ2n) is 5.96. The van der Waals surface area contributed by atoms with Crippen LogP contribution in [0.2, 0.25) is 5.02 Å². The molecule has 1 amide bonds. The van der Waals surface area contributed by atoms with Gasteiger partial charge < -0.3 is 4.90 Å². The number of carbonyl (C=O) groups excluding carboxylic acids is 1.